The third kappa shape index (κ3) is 3.86. The molecule has 1 aliphatic heterocycles. The lowest BCUT2D eigenvalue weighted by Gasteiger charge is -2.18. The Labute approximate surface area is 177 Å². The molecule has 0 saturated heterocycles. The monoisotopic (exact) mass is 423 g/mol. The number of rotatable bonds is 5. The quantitative estimate of drug-likeness (QED) is 0.463. The molecule has 2 aromatic heterocycles. The second-order valence-corrected chi connectivity index (χ2v) is 8.20. The molecule has 0 amide bonds. The van der Waals surface area contributed by atoms with Gasteiger partial charge in [0.15, 0.2) is 11.5 Å². The Morgan fingerprint density at radius 2 is 1.79 bits per heavy atom. The molecule has 0 fully saturated rings. The summed E-state index contributed by atoms with van der Waals surface area (Å²) in [7, 11) is 0. The first-order chi connectivity index (χ1) is 14.3. The van der Waals surface area contributed by atoms with E-state index < -0.39 is 0 Å². The zero-order valence-corrected chi connectivity index (χ0v) is 17.1. The average molecular weight is 424 g/mol. The minimum absolute atomic E-state index is 0.599. The van der Waals surface area contributed by atoms with E-state index in [0.29, 0.717) is 13.2 Å². The lowest BCUT2D eigenvalue weighted by molar-refractivity contribution is 0.171. The summed E-state index contributed by atoms with van der Waals surface area (Å²) >= 11 is 7.69. The minimum Gasteiger partial charge on any atom is -0.486 e. The number of ether oxygens (including phenoxy) is 2. The SMILES string of the molecule is Clc1ccc(-c2cc3ncnc(NCCc4ccc5c(c4)OCCO5)c3s2)cc1. The molecule has 7 heteroatoms. The first-order valence-electron chi connectivity index (χ1n) is 9.39. The molecule has 1 N–H and O–H groups in total. The van der Waals surface area contributed by atoms with Crippen molar-refractivity contribution in [3.8, 4) is 21.9 Å². The van der Waals surface area contributed by atoms with Crippen molar-refractivity contribution in [2.24, 2.45) is 0 Å². The number of thiophene rings is 1. The van der Waals surface area contributed by atoms with Crippen LogP contribution in [0.25, 0.3) is 20.7 Å². The summed E-state index contributed by atoms with van der Waals surface area (Å²) in [4.78, 5) is 10.0. The van der Waals surface area contributed by atoms with Crippen molar-refractivity contribution in [3.05, 3.63) is 65.4 Å². The number of hydrogen-bond acceptors (Lipinski definition) is 6. The predicted molar refractivity (Wildman–Crippen MR) is 117 cm³/mol. The highest BCUT2D eigenvalue weighted by Gasteiger charge is 2.13. The molecule has 5 nitrogen and oxygen atoms in total. The summed E-state index contributed by atoms with van der Waals surface area (Å²) in [6, 6.07) is 16.1. The molecule has 146 valence electrons. The van der Waals surface area contributed by atoms with Crippen molar-refractivity contribution in [2.45, 2.75) is 6.42 Å². The topological polar surface area (TPSA) is 56.3 Å². The highest BCUT2D eigenvalue weighted by atomic mass is 35.5. The summed E-state index contributed by atoms with van der Waals surface area (Å²) < 4.78 is 12.3. The van der Waals surface area contributed by atoms with Crippen LogP contribution in [0.4, 0.5) is 5.82 Å². The number of anilines is 1. The zero-order chi connectivity index (χ0) is 19.6. The van der Waals surface area contributed by atoms with E-state index in [4.69, 9.17) is 21.1 Å². The second kappa shape index (κ2) is 7.89. The molecule has 0 radical (unpaired) electrons. The molecule has 0 aliphatic carbocycles. The Kier molecular flexibility index (Phi) is 4.96. The van der Waals surface area contributed by atoms with Gasteiger partial charge in [-0.3, -0.25) is 0 Å². The summed E-state index contributed by atoms with van der Waals surface area (Å²) in [5, 5.41) is 4.19. The molecule has 29 heavy (non-hydrogen) atoms. The minimum atomic E-state index is 0.599. The van der Waals surface area contributed by atoms with E-state index in [-0.39, 0.29) is 0 Å². The van der Waals surface area contributed by atoms with Crippen molar-refractivity contribution in [1.29, 1.82) is 0 Å². The second-order valence-electron chi connectivity index (χ2n) is 6.71. The van der Waals surface area contributed by atoms with Gasteiger partial charge in [-0.25, -0.2) is 9.97 Å². The molecule has 4 aromatic rings. The maximum Gasteiger partial charge on any atom is 0.161 e. The van der Waals surface area contributed by atoms with Gasteiger partial charge in [0.05, 0.1) is 10.2 Å². The van der Waals surface area contributed by atoms with Gasteiger partial charge >= 0.3 is 0 Å². The fourth-order valence-electron chi connectivity index (χ4n) is 3.31. The van der Waals surface area contributed by atoms with E-state index in [9.17, 15) is 0 Å². The number of halogens is 1. The number of nitrogens with one attached hydrogen (secondary N) is 1. The first kappa shape index (κ1) is 18.2. The maximum absolute atomic E-state index is 6.01. The lowest BCUT2D eigenvalue weighted by Crippen LogP contribution is -2.15. The standard InChI is InChI=1S/C22H18ClN3O2S/c23-16-4-2-15(3-5-16)20-12-17-21(29-20)22(26-13-25-17)24-8-7-14-1-6-18-19(11-14)28-10-9-27-18/h1-6,11-13H,7-10H2,(H,24,25,26). The number of aromatic nitrogens is 2. The number of nitrogens with zero attached hydrogens (tertiary/aromatic N) is 2. The molecule has 0 spiro atoms. The zero-order valence-electron chi connectivity index (χ0n) is 15.5. The number of hydrogen-bond donors (Lipinski definition) is 1. The molecular formula is C22H18ClN3O2S. The van der Waals surface area contributed by atoms with Crippen LogP contribution in [0, 0.1) is 0 Å². The molecule has 0 bridgehead atoms. The first-order valence-corrected chi connectivity index (χ1v) is 10.6. The lowest BCUT2D eigenvalue weighted by atomic mass is 10.1. The Hall–Kier alpha value is -2.83. The van der Waals surface area contributed by atoms with Gasteiger partial charge in [-0.05, 0) is 47.9 Å². The maximum atomic E-state index is 6.01. The van der Waals surface area contributed by atoms with E-state index in [2.05, 4.69) is 33.5 Å². The van der Waals surface area contributed by atoms with E-state index in [1.165, 1.54) is 5.56 Å². The van der Waals surface area contributed by atoms with Gasteiger partial charge in [0.2, 0.25) is 0 Å². The third-order valence-corrected chi connectivity index (χ3v) is 6.18. The Morgan fingerprint density at radius 1 is 0.966 bits per heavy atom. The van der Waals surface area contributed by atoms with Gasteiger partial charge in [-0.15, -0.1) is 11.3 Å². The van der Waals surface area contributed by atoms with E-state index >= 15 is 0 Å². The van der Waals surface area contributed by atoms with Gasteiger partial charge in [0.1, 0.15) is 25.4 Å². The van der Waals surface area contributed by atoms with Gasteiger partial charge < -0.3 is 14.8 Å². The largest absolute Gasteiger partial charge is 0.486 e. The van der Waals surface area contributed by atoms with Crippen LogP contribution < -0.4 is 14.8 Å². The molecular weight excluding hydrogens is 406 g/mol. The third-order valence-electron chi connectivity index (χ3n) is 4.75. The molecule has 0 atom stereocenters. The Bertz CT molecular complexity index is 1160. The number of fused-ring (bicyclic) bond motifs is 2. The molecule has 2 aromatic carbocycles. The van der Waals surface area contributed by atoms with Crippen molar-refractivity contribution in [2.75, 3.05) is 25.1 Å². The van der Waals surface area contributed by atoms with E-state index in [1.54, 1.807) is 17.7 Å². The van der Waals surface area contributed by atoms with Crippen LogP contribution in [-0.4, -0.2) is 29.7 Å². The molecule has 5 rings (SSSR count). The number of benzene rings is 2. The van der Waals surface area contributed by atoms with Crippen LogP contribution in [0.15, 0.2) is 54.9 Å². The molecule has 1 aliphatic rings. The predicted octanol–water partition coefficient (Wildman–Crippen LogP) is 5.44. The van der Waals surface area contributed by atoms with Crippen LogP contribution in [0.1, 0.15) is 5.56 Å². The van der Waals surface area contributed by atoms with Crippen LogP contribution in [0.5, 0.6) is 11.5 Å². The molecule has 0 saturated carbocycles. The normalized spacial score (nSPS) is 12.9. The smallest absolute Gasteiger partial charge is 0.161 e. The van der Waals surface area contributed by atoms with Crippen molar-refractivity contribution in [3.63, 3.8) is 0 Å². The van der Waals surface area contributed by atoms with Gasteiger partial charge in [0.25, 0.3) is 0 Å². The van der Waals surface area contributed by atoms with Crippen molar-refractivity contribution in [1.82, 2.24) is 9.97 Å². The van der Waals surface area contributed by atoms with Gasteiger partial charge in [0, 0.05) is 16.4 Å². The van der Waals surface area contributed by atoms with Crippen LogP contribution in [0.2, 0.25) is 5.02 Å². The fraction of sp³-hybridized carbons (Fsp3) is 0.182. The molecule has 0 unspecified atom stereocenters. The van der Waals surface area contributed by atoms with Gasteiger partial charge in [-0.1, -0.05) is 29.8 Å². The summed E-state index contributed by atoms with van der Waals surface area (Å²) in [6.07, 6.45) is 2.46. The highest BCUT2D eigenvalue weighted by Crippen LogP contribution is 2.36. The molecule has 3 heterocycles. The Balaban J connectivity index is 1.32. The van der Waals surface area contributed by atoms with E-state index in [1.807, 2.05) is 30.3 Å². The van der Waals surface area contributed by atoms with Crippen LogP contribution in [0.3, 0.4) is 0 Å². The van der Waals surface area contributed by atoms with Crippen LogP contribution in [-0.2, 0) is 6.42 Å². The van der Waals surface area contributed by atoms with E-state index in [0.717, 1.165) is 56.0 Å². The average Bonchev–Trinajstić information content (AvgIpc) is 3.19. The fourth-order valence-corrected chi connectivity index (χ4v) is 4.51. The summed E-state index contributed by atoms with van der Waals surface area (Å²) in [5.74, 6) is 2.50. The van der Waals surface area contributed by atoms with Crippen LogP contribution >= 0.6 is 22.9 Å². The van der Waals surface area contributed by atoms with Crippen molar-refractivity contribution >= 4 is 39.0 Å². The highest BCUT2D eigenvalue weighted by molar-refractivity contribution is 7.22. The Morgan fingerprint density at radius 3 is 2.66 bits per heavy atom. The van der Waals surface area contributed by atoms with Gasteiger partial charge in [-0.2, -0.15) is 0 Å². The summed E-state index contributed by atoms with van der Waals surface area (Å²) in [5.41, 5.74) is 3.26. The van der Waals surface area contributed by atoms with Crippen molar-refractivity contribution < 1.29 is 9.47 Å². The summed E-state index contributed by atoms with van der Waals surface area (Å²) in [6.45, 7) is 1.97.